The molecule has 0 spiro atoms. The van der Waals surface area contributed by atoms with Gasteiger partial charge in [0.25, 0.3) is 0 Å². The van der Waals surface area contributed by atoms with Crippen molar-refractivity contribution in [1.29, 1.82) is 0 Å². The fourth-order valence-corrected chi connectivity index (χ4v) is 1.91. The lowest BCUT2D eigenvalue weighted by atomic mass is 10.2. The van der Waals surface area contributed by atoms with Crippen LogP contribution < -0.4 is 0 Å². The zero-order chi connectivity index (χ0) is 16.9. The van der Waals surface area contributed by atoms with Crippen LogP contribution in [0.1, 0.15) is 33.3 Å². The van der Waals surface area contributed by atoms with Crippen LogP contribution in [0.15, 0.2) is 30.3 Å². The first-order chi connectivity index (χ1) is 10.1. The summed E-state index contributed by atoms with van der Waals surface area (Å²) in [5.41, 5.74) is 0.467. The van der Waals surface area contributed by atoms with E-state index in [1.807, 2.05) is 30.3 Å². The van der Waals surface area contributed by atoms with E-state index in [4.69, 9.17) is 4.74 Å². The molecule has 0 aliphatic rings. The van der Waals surface area contributed by atoms with Crippen molar-refractivity contribution >= 4 is 12.0 Å². The largest absolute Gasteiger partial charge is 0.444 e. The predicted molar refractivity (Wildman–Crippen MR) is 86.4 cm³/mol. The lowest BCUT2D eigenvalue weighted by molar-refractivity contribution is -0.135. The minimum absolute atomic E-state index is 0.128. The molecule has 0 fully saturated rings. The molecule has 0 aliphatic heterocycles. The van der Waals surface area contributed by atoms with Crippen molar-refractivity contribution in [2.75, 3.05) is 14.1 Å². The lowest BCUT2D eigenvalue weighted by Crippen LogP contribution is -2.47. The van der Waals surface area contributed by atoms with Crippen LogP contribution in [0.25, 0.3) is 0 Å². The van der Waals surface area contributed by atoms with Gasteiger partial charge in [-0.3, -0.25) is 9.69 Å². The molecule has 0 aliphatic carbocycles. The van der Waals surface area contributed by atoms with Crippen molar-refractivity contribution in [2.24, 2.45) is 0 Å². The molecular formula is C17H26N2O3. The zero-order valence-electron chi connectivity index (χ0n) is 14.3. The highest BCUT2D eigenvalue weighted by Gasteiger charge is 2.28. The summed E-state index contributed by atoms with van der Waals surface area (Å²) in [7, 11) is 3.31. The SMILES string of the molecule is C[C@@H](C(=O)N(C)Cc1ccccc1)N(C)C(=O)OC(C)(C)C. The third-order valence-electron chi connectivity index (χ3n) is 3.26. The maximum absolute atomic E-state index is 12.4. The Morgan fingerprint density at radius 2 is 1.68 bits per heavy atom. The van der Waals surface area contributed by atoms with Gasteiger partial charge in [-0.1, -0.05) is 30.3 Å². The highest BCUT2D eigenvalue weighted by Crippen LogP contribution is 2.12. The van der Waals surface area contributed by atoms with E-state index >= 15 is 0 Å². The van der Waals surface area contributed by atoms with Gasteiger partial charge in [-0.2, -0.15) is 0 Å². The van der Waals surface area contributed by atoms with E-state index in [1.165, 1.54) is 4.90 Å². The number of nitrogens with zero attached hydrogens (tertiary/aromatic N) is 2. The molecule has 0 saturated heterocycles. The molecule has 1 aromatic carbocycles. The molecule has 1 rings (SSSR count). The Hall–Kier alpha value is -2.04. The van der Waals surface area contributed by atoms with Gasteiger partial charge in [-0.05, 0) is 33.3 Å². The monoisotopic (exact) mass is 306 g/mol. The third kappa shape index (κ3) is 5.39. The summed E-state index contributed by atoms with van der Waals surface area (Å²) >= 11 is 0. The Morgan fingerprint density at radius 1 is 1.14 bits per heavy atom. The maximum atomic E-state index is 12.4. The fraction of sp³-hybridized carbons (Fsp3) is 0.529. The van der Waals surface area contributed by atoms with E-state index in [9.17, 15) is 9.59 Å². The molecule has 5 nitrogen and oxygen atoms in total. The van der Waals surface area contributed by atoms with Crippen LogP contribution in [0.3, 0.4) is 0 Å². The maximum Gasteiger partial charge on any atom is 0.410 e. The van der Waals surface area contributed by atoms with Crippen molar-refractivity contribution < 1.29 is 14.3 Å². The van der Waals surface area contributed by atoms with Crippen LogP contribution in [-0.4, -0.2) is 47.5 Å². The average molecular weight is 306 g/mol. The first-order valence-corrected chi connectivity index (χ1v) is 7.36. The molecule has 0 heterocycles. The van der Waals surface area contributed by atoms with Crippen molar-refractivity contribution in [2.45, 2.75) is 45.9 Å². The summed E-state index contributed by atoms with van der Waals surface area (Å²) in [5.74, 6) is -0.128. The standard InChI is InChI=1S/C17H26N2O3/c1-13(19(6)16(21)22-17(2,3)4)15(20)18(5)12-14-10-8-7-9-11-14/h7-11,13H,12H2,1-6H3/t13-/m0/s1. The minimum atomic E-state index is -0.580. The van der Waals surface area contributed by atoms with E-state index in [1.54, 1.807) is 46.7 Å². The number of rotatable bonds is 4. The Labute approximate surface area is 132 Å². The average Bonchev–Trinajstić information content (AvgIpc) is 2.44. The summed E-state index contributed by atoms with van der Waals surface area (Å²) in [6, 6.07) is 9.15. The van der Waals surface area contributed by atoms with Gasteiger partial charge in [0.2, 0.25) is 5.91 Å². The molecule has 0 unspecified atom stereocenters. The second-order valence-electron chi connectivity index (χ2n) is 6.45. The highest BCUT2D eigenvalue weighted by molar-refractivity contribution is 5.85. The van der Waals surface area contributed by atoms with Crippen LogP contribution in [0.4, 0.5) is 4.79 Å². The number of hydrogen-bond acceptors (Lipinski definition) is 3. The number of benzene rings is 1. The summed E-state index contributed by atoms with van der Waals surface area (Å²) in [6.07, 6.45) is -0.499. The molecule has 2 amide bonds. The molecule has 122 valence electrons. The summed E-state index contributed by atoms with van der Waals surface area (Å²) in [4.78, 5) is 27.4. The summed E-state index contributed by atoms with van der Waals surface area (Å²) < 4.78 is 5.29. The van der Waals surface area contributed by atoms with Crippen LogP contribution in [-0.2, 0) is 16.1 Å². The molecule has 0 bridgehead atoms. The third-order valence-corrected chi connectivity index (χ3v) is 3.26. The van der Waals surface area contributed by atoms with Crippen molar-refractivity contribution in [1.82, 2.24) is 9.80 Å². The number of amides is 2. The highest BCUT2D eigenvalue weighted by atomic mass is 16.6. The fourth-order valence-electron chi connectivity index (χ4n) is 1.91. The van der Waals surface area contributed by atoms with Gasteiger partial charge in [-0.15, -0.1) is 0 Å². The predicted octanol–water partition coefficient (Wildman–Crippen LogP) is 2.90. The number of ether oxygens (including phenoxy) is 1. The van der Waals surface area contributed by atoms with Gasteiger partial charge < -0.3 is 9.64 Å². The number of carbonyl (C=O) groups is 2. The molecular weight excluding hydrogens is 280 g/mol. The Kier molecular flexibility index (Phi) is 5.97. The van der Waals surface area contributed by atoms with E-state index in [0.717, 1.165) is 5.56 Å². The Bertz CT molecular complexity index is 508. The first-order valence-electron chi connectivity index (χ1n) is 7.36. The topological polar surface area (TPSA) is 49.9 Å². The Balaban J connectivity index is 2.65. The normalized spacial score (nSPS) is 12.5. The smallest absolute Gasteiger partial charge is 0.410 e. The molecule has 22 heavy (non-hydrogen) atoms. The van der Waals surface area contributed by atoms with Gasteiger partial charge in [0.1, 0.15) is 11.6 Å². The number of hydrogen-bond donors (Lipinski definition) is 0. The van der Waals surface area contributed by atoms with Gasteiger partial charge in [0.05, 0.1) is 0 Å². The number of likely N-dealkylation sites (N-methyl/N-ethyl adjacent to an activating group) is 2. The number of carbonyl (C=O) groups excluding carboxylic acids is 2. The van der Waals surface area contributed by atoms with Crippen LogP contribution in [0.5, 0.6) is 0 Å². The second-order valence-corrected chi connectivity index (χ2v) is 6.45. The van der Waals surface area contributed by atoms with E-state index < -0.39 is 17.7 Å². The molecule has 0 saturated carbocycles. The molecule has 1 aromatic rings. The quantitative estimate of drug-likeness (QED) is 0.859. The zero-order valence-corrected chi connectivity index (χ0v) is 14.3. The van der Waals surface area contributed by atoms with Gasteiger partial charge in [-0.25, -0.2) is 4.79 Å². The van der Waals surface area contributed by atoms with Crippen LogP contribution in [0.2, 0.25) is 0 Å². The van der Waals surface area contributed by atoms with Gasteiger partial charge in [0, 0.05) is 20.6 Å². The van der Waals surface area contributed by atoms with E-state index in [-0.39, 0.29) is 5.91 Å². The lowest BCUT2D eigenvalue weighted by Gasteiger charge is -2.30. The molecule has 0 aromatic heterocycles. The molecule has 1 atom stereocenters. The van der Waals surface area contributed by atoms with Crippen LogP contribution in [0, 0.1) is 0 Å². The molecule has 5 heteroatoms. The molecule has 0 radical (unpaired) electrons. The Morgan fingerprint density at radius 3 is 2.18 bits per heavy atom. The van der Waals surface area contributed by atoms with Gasteiger partial charge >= 0.3 is 6.09 Å². The second kappa shape index (κ2) is 7.29. The molecule has 0 N–H and O–H groups in total. The van der Waals surface area contributed by atoms with E-state index in [2.05, 4.69) is 0 Å². The van der Waals surface area contributed by atoms with Crippen molar-refractivity contribution in [3.05, 3.63) is 35.9 Å². The summed E-state index contributed by atoms with van der Waals surface area (Å²) in [5, 5.41) is 0. The minimum Gasteiger partial charge on any atom is -0.444 e. The van der Waals surface area contributed by atoms with Crippen molar-refractivity contribution in [3.8, 4) is 0 Å². The van der Waals surface area contributed by atoms with Gasteiger partial charge in [0.15, 0.2) is 0 Å². The van der Waals surface area contributed by atoms with E-state index in [0.29, 0.717) is 6.54 Å². The first kappa shape index (κ1) is 18.0. The summed E-state index contributed by atoms with van der Waals surface area (Å²) in [6.45, 7) is 7.60. The van der Waals surface area contributed by atoms with Crippen LogP contribution >= 0.6 is 0 Å². The van der Waals surface area contributed by atoms with Crippen molar-refractivity contribution in [3.63, 3.8) is 0 Å².